The first kappa shape index (κ1) is 12.0. The maximum absolute atomic E-state index is 11.8. The fourth-order valence-corrected chi connectivity index (χ4v) is 2.03. The van der Waals surface area contributed by atoms with Crippen LogP contribution in [0.2, 0.25) is 0 Å². The number of hydrogen-bond donors (Lipinski definition) is 2. The molecule has 92 valence electrons. The lowest BCUT2D eigenvalue weighted by atomic mass is 9.84. The van der Waals surface area contributed by atoms with E-state index in [1.807, 2.05) is 0 Å². The predicted octanol–water partition coefficient (Wildman–Crippen LogP) is 0.633. The van der Waals surface area contributed by atoms with Crippen molar-refractivity contribution in [2.45, 2.75) is 12.5 Å². The summed E-state index contributed by atoms with van der Waals surface area (Å²) < 4.78 is 0. The summed E-state index contributed by atoms with van der Waals surface area (Å²) in [6.45, 7) is 1.77. The Kier molecular flexibility index (Phi) is 2.97. The highest BCUT2D eigenvalue weighted by Crippen LogP contribution is 2.31. The Morgan fingerprint density at radius 1 is 1.50 bits per heavy atom. The number of amides is 1. The highest BCUT2D eigenvalue weighted by atomic mass is 16.1. The van der Waals surface area contributed by atoms with Gasteiger partial charge in [0.1, 0.15) is 6.29 Å². The van der Waals surface area contributed by atoms with E-state index in [4.69, 9.17) is 5.73 Å². The van der Waals surface area contributed by atoms with Gasteiger partial charge >= 0.3 is 0 Å². The van der Waals surface area contributed by atoms with Gasteiger partial charge in [0.05, 0.1) is 6.34 Å². The van der Waals surface area contributed by atoms with E-state index >= 15 is 0 Å². The molecule has 5 heteroatoms. The Balaban J connectivity index is 2.68. The number of carbonyl (C=O) groups excluding carboxylic acids is 2. The van der Waals surface area contributed by atoms with Gasteiger partial charge in [0.25, 0.3) is 5.91 Å². The van der Waals surface area contributed by atoms with E-state index in [-0.39, 0.29) is 0 Å². The molecule has 3 N–H and O–H groups in total. The predicted molar refractivity (Wildman–Crippen MR) is 68.2 cm³/mol. The van der Waals surface area contributed by atoms with Crippen LogP contribution in [-0.4, -0.2) is 18.5 Å². The van der Waals surface area contributed by atoms with Crippen molar-refractivity contribution in [1.82, 2.24) is 5.32 Å². The Labute approximate surface area is 104 Å². The quantitative estimate of drug-likeness (QED) is 0.764. The smallest absolute Gasteiger partial charge is 0.254 e. The molecular formula is C13H13N3O2. The molecule has 1 aliphatic heterocycles. The molecule has 1 aromatic rings. The highest BCUT2D eigenvalue weighted by Gasteiger charge is 2.37. The summed E-state index contributed by atoms with van der Waals surface area (Å²) in [5.74, 6) is -0.581. The van der Waals surface area contributed by atoms with Gasteiger partial charge in [-0.1, -0.05) is 18.2 Å². The summed E-state index contributed by atoms with van der Waals surface area (Å²) in [7, 11) is 0. The fraction of sp³-hybridized carbons (Fsp3) is 0.154. The van der Waals surface area contributed by atoms with Gasteiger partial charge in [-0.2, -0.15) is 0 Å². The number of aliphatic imine (C=N–C) groups is 1. The topological polar surface area (TPSA) is 84.5 Å². The zero-order valence-corrected chi connectivity index (χ0v) is 9.88. The summed E-state index contributed by atoms with van der Waals surface area (Å²) in [6.07, 6.45) is 5.36. The van der Waals surface area contributed by atoms with E-state index in [9.17, 15) is 9.59 Å². The van der Waals surface area contributed by atoms with E-state index in [0.717, 1.165) is 6.29 Å². The molecule has 0 saturated carbocycles. The number of rotatable bonds is 3. The van der Waals surface area contributed by atoms with Crippen LogP contribution in [0.1, 0.15) is 21.5 Å². The molecule has 1 heterocycles. The molecule has 0 aliphatic carbocycles. The van der Waals surface area contributed by atoms with Gasteiger partial charge in [0.15, 0.2) is 5.54 Å². The van der Waals surface area contributed by atoms with Crippen LogP contribution >= 0.6 is 0 Å². The minimum absolute atomic E-state index is 0.523. The molecule has 1 atom stereocenters. The maximum atomic E-state index is 11.8. The summed E-state index contributed by atoms with van der Waals surface area (Å²) in [4.78, 5) is 26.9. The van der Waals surface area contributed by atoms with Crippen LogP contribution in [-0.2, 0) is 10.3 Å². The van der Waals surface area contributed by atoms with Crippen molar-refractivity contribution >= 4 is 18.5 Å². The van der Waals surface area contributed by atoms with Gasteiger partial charge in [-0.15, -0.1) is 0 Å². The lowest BCUT2D eigenvalue weighted by molar-refractivity contribution is -0.121. The average molecular weight is 243 g/mol. The minimum Gasteiger partial charge on any atom is -0.367 e. The van der Waals surface area contributed by atoms with Gasteiger partial charge in [-0.05, 0) is 24.1 Å². The molecule has 2 rings (SSSR count). The first-order valence-electron chi connectivity index (χ1n) is 5.44. The number of carbonyl (C=O) groups is 2. The molecule has 0 aromatic heterocycles. The Hall–Kier alpha value is -2.43. The number of hydrogen-bond acceptors (Lipinski definition) is 4. The van der Waals surface area contributed by atoms with Crippen LogP contribution in [0.25, 0.3) is 0 Å². The number of nitrogens with one attached hydrogen (secondary N) is 1. The van der Waals surface area contributed by atoms with E-state index in [1.165, 1.54) is 6.34 Å². The second-order valence-electron chi connectivity index (χ2n) is 4.03. The second kappa shape index (κ2) is 4.44. The van der Waals surface area contributed by atoms with Crippen molar-refractivity contribution < 1.29 is 9.59 Å². The van der Waals surface area contributed by atoms with E-state index in [2.05, 4.69) is 10.3 Å². The van der Waals surface area contributed by atoms with Crippen LogP contribution in [0, 0.1) is 6.92 Å². The molecule has 1 aromatic carbocycles. The molecule has 0 fully saturated rings. The van der Waals surface area contributed by atoms with E-state index < -0.39 is 11.4 Å². The fourth-order valence-electron chi connectivity index (χ4n) is 2.03. The zero-order valence-electron chi connectivity index (χ0n) is 9.88. The lowest BCUT2D eigenvalue weighted by Crippen LogP contribution is -2.41. The molecule has 1 aliphatic rings. The number of nitrogens with two attached hydrogens (primary N) is 1. The average Bonchev–Trinajstić information content (AvgIpc) is 2.39. The van der Waals surface area contributed by atoms with Crippen LogP contribution in [0.5, 0.6) is 0 Å². The molecule has 1 unspecified atom stereocenters. The molecule has 0 spiro atoms. The summed E-state index contributed by atoms with van der Waals surface area (Å²) >= 11 is 0. The normalized spacial score (nSPS) is 21.4. The Morgan fingerprint density at radius 2 is 2.28 bits per heavy atom. The van der Waals surface area contributed by atoms with Gasteiger partial charge in [0.2, 0.25) is 0 Å². The largest absolute Gasteiger partial charge is 0.367 e. The first-order chi connectivity index (χ1) is 8.62. The van der Waals surface area contributed by atoms with Crippen molar-refractivity contribution in [3.8, 4) is 0 Å². The van der Waals surface area contributed by atoms with Crippen molar-refractivity contribution in [3.63, 3.8) is 0 Å². The monoisotopic (exact) mass is 243 g/mol. The minimum atomic E-state index is -1.24. The SMILES string of the molecule is Cc1c(C=O)cccc1C1(C(N)=O)C=CNC=N1. The van der Waals surface area contributed by atoms with Crippen LogP contribution in [0.4, 0.5) is 0 Å². The standard InChI is InChI=1S/C13H13N3O2/c1-9-10(7-17)3-2-4-11(9)13(12(14)18)5-6-15-8-16-13/h2-8H,1H3,(H2,14,18)(H,15,16). The van der Waals surface area contributed by atoms with Crippen LogP contribution < -0.4 is 11.1 Å². The lowest BCUT2D eigenvalue weighted by Gasteiger charge is -2.27. The van der Waals surface area contributed by atoms with Gasteiger partial charge < -0.3 is 11.1 Å². The third-order valence-corrected chi connectivity index (χ3v) is 3.05. The molecular weight excluding hydrogens is 230 g/mol. The number of benzene rings is 1. The molecule has 0 radical (unpaired) electrons. The first-order valence-corrected chi connectivity index (χ1v) is 5.44. The second-order valence-corrected chi connectivity index (χ2v) is 4.03. The zero-order chi connectivity index (χ0) is 13.2. The van der Waals surface area contributed by atoms with E-state index in [0.29, 0.717) is 16.7 Å². The maximum Gasteiger partial charge on any atom is 0.254 e. The molecule has 18 heavy (non-hydrogen) atoms. The third kappa shape index (κ3) is 1.69. The Morgan fingerprint density at radius 3 is 2.83 bits per heavy atom. The van der Waals surface area contributed by atoms with Gasteiger partial charge in [-0.25, -0.2) is 4.99 Å². The Bertz CT molecular complexity index is 549. The molecule has 0 saturated heterocycles. The van der Waals surface area contributed by atoms with Crippen molar-refractivity contribution in [2.24, 2.45) is 10.7 Å². The van der Waals surface area contributed by atoms with E-state index in [1.54, 1.807) is 37.4 Å². The number of aldehydes is 1. The number of primary amides is 1. The van der Waals surface area contributed by atoms with Gasteiger partial charge in [0, 0.05) is 11.8 Å². The van der Waals surface area contributed by atoms with Crippen molar-refractivity contribution in [2.75, 3.05) is 0 Å². The van der Waals surface area contributed by atoms with Gasteiger partial charge in [-0.3, -0.25) is 9.59 Å². The van der Waals surface area contributed by atoms with Crippen molar-refractivity contribution in [3.05, 3.63) is 47.2 Å². The highest BCUT2D eigenvalue weighted by molar-refractivity contribution is 5.92. The summed E-state index contributed by atoms with van der Waals surface area (Å²) in [5, 5.41) is 2.76. The summed E-state index contributed by atoms with van der Waals surface area (Å²) in [6, 6.07) is 5.15. The van der Waals surface area contributed by atoms with Crippen molar-refractivity contribution in [1.29, 1.82) is 0 Å². The molecule has 1 amide bonds. The number of nitrogens with zero attached hydrogens (tertiary/aromatic N) is 1. The molecule has 5 nitrogen and oxygen atoms in total. The third-order valence-electron chi connectivity index (χ3n) is 3.05. The van der Waals surface area contributed by atoms with Crippen LogP contribution in [0.15, 0.2) is 35.5 Å². The summed E-state index contributed by atoms with van der Waals surface area (Å²) in [5.41, 5.74) is 6.08. The molecule has 0 bridgehead atoms. The van der Waals surface area contributed by atoms with Crippen LogP contribution in [0.3, 0.4) is 0 Å².